The van der Waals surface area contributed by atoms with E-state index in [-0.39, 0.29) is 24.2 Å². The van der Waals surface area contributed by atoms with Crippen LogP contribution in [0.3, 0.4) is 0 Å². The number of nitrogens with zero attached hydrogens (tertiary/aromatic N) is 1. The highest BCUT2D eigenvalue weighted by Gasteiger charge is 2.29. The van der Waals surface area contributed by atoms with Crippen LogP contribution < -0.4 is 10.6 Å². The molecule has 1 aliphatic carbocycles. The summed E-state index contributed by atoms with van der Waals surface area (Å²) in [5.74, 6) is 0.00990. The number of nitrogens with one attached hydrogen (secondary N) is 2. The van der Waals surface area contributed by atoms with Crippen LogP contribution in [0, 0.1) is 5.92 Å². The van der Waals surface area contributed by atoms with Gasteiger partial charge in [0.05, 0.1) is 4.90 Å². The molecule has 2 N–H and O–H groups in total. The van der Waals surface area contributed by atoms with E-state index in [1.807, 2.05) is 0 Å². The first-order chi connectivity index (χ1) is 15.9. The lowest BCUT2D eigenvalue weighted by Crippen LogP contribution is -2.31. The molecule has 0 atom stereocenters. The van der Waals surface area contributed by atoms with Crippen LogP contribution in [0.2, 0.25) is 0 Å². The van der Waals surface area contributed by atoms with Crippen molar-refractivity contribution in [2.45, 2.75) is 56.3 Å². The first-order valence-corrected chi connectivity index (χ1v) is 13.2. The quantitative estimate of drug-likeness (QED) is 0.607. The predicted molar refractivity (Wildman–Crippen MR) is 128 cm³/mol. The minimum absolute atomic E-state index is 0.0276. The van der Waals surface area contributed by atoms with Gasteiger partial charge in [-0.05, 0) is 68.0 Å². The normalized spacial score (nSPS) is 17.2. The Labute approximate surface area is 195 Å². The first-order valence-electron chi connectivity index (χ1n) is 11.7. The molecule has 1 aliphatic heterocycles. The predicted octanol–water partition coefficient (Wildman–Crippen LogP) is 4.17. The van der Waals surface area contributed by atoms with Crippen LogP contribution in [0.4, 0.5) is 11.4 Å². The molecular formula is C25H31N3O4S. The van der Waals surface area contributed by atoms with Gasteiger partial charge in [0.1, 0.15) is 0 Å². The lowest BCUT2D eigenvalue weighted by molar-refractivity contribution is -0.117. The van der Waals surface area contributed by atoms with Crippen LogP contribution in [0.1, 0.15) is 50.5 Å². The SMILES string of the molecule is O=C(CCc1ccc(S(=O)(=O)N2CCCCCC2)cc1)Nc1cccc(NC(=O)C2CC2)c1. The fraction of sp³-hybridized carbons (Fsp3) is 0.440. The van der Waals surface area contributed by atoms with Crippen LogP contribution in [0.15, 0.2) is 53.4 Å². The van der Waals surface area contributed by atoms with Gasteiger partial charge < -0.3 is 10.6 Å². The van der Waals surface area contributed by atoms with Crippen molar-refractivity contribution in [2.24, 2.45) is 5.92 Å². The second kappa shape index (κ2) is 10.5. The molecule has 1 saturated carbocycles. The zero-order valence-electron chi connectivity index (χ0n) is 18.8. The summed E-state index contributed by atoms with van der Waals surface area (Å²) < 4.78 is 27.4. The monoisotopic (exact) mass is 469 g/mol. The Kier molecular flexibility index (Phi) is 7.45. The first kappa shape index (κ1) is 23.4. The summed E-state index contributed by atoms with van der Waals surface area (Å²) in [6.45, 7) is 1.16. The van der Waals surface area contributed by atoms with E-state index >= 15 is 0 Å². The number of aryl methyl sites for hydroxylation is 1. The molecule has 7 nitrogen and oxygen atoms in total. The Morgan fingerprint density at radius 2 is 1.52 bits per heavy atom. The summed E-state index contributed by atoms with van der Waals surface area (Å²) in [5, 5.41) is 5.74. The van der Waals surface area contributed by atoms with E-state index in [9.17, 15) is 18.0 Å². The number of benzene rings is 2. The third-order valence-electron chi connectivity index (χ3n) is 6.13. The third-order valence-corrected chi connectivity index (χ3v) is 8.04. The molecule has 0 radical (unpaired) electrons. The Morgan fingerprint density at radius 3 is 2.15 bits per heavy atom. The van der Waals surface area contributed by atoms with Crippen molar-refractivity contribution in [3.05, 3.63) is 54.1 Å². The van der Waals surface area contributed by atoms with Gasteiger partial charge in [0.2, 0.25) is 21.8 Å². The molecular weight excluding hydrogens is 438 g/mol. The molecule has 0 spiro atoms. The van der Waals surface area contributed by atoms with Crippen molar-refractivity contribution in [1.82, 2.24) is 4.31 Å². The van der Waals surface area contributed by atoms with Gasteiger partial charge in [0.15, 0.2) is 0 Å². The molecule has 2 fully saturated rings. The largest absolute Gasteiger partial charge is 0.326 e. The summed E-state index contributed by atoms with van der Waals surface area (Å²) in [4.78, 5) is 24.6. The fourth-order valence-electron chi connectivity index (χ4n) is 4.01. The molecule has 2 aliphatic rings. The number of anilines is 2. The summed E-state index contributed by atoms with van der Waals surface area (Å²) in [5.41, 5.74) is 2.21. The number of hydrogen-bond acceptors (Lipinski definition) is 4. The molecule has 1 saturated heterocycles. The fourth-order valence-corrected chi connectivity index (χ4v) is 5.52. The molecule has 0 bridgehead atoms. The Bertz CT molecular complexity index is 1090. The van der Waals surface area contributed by atoms with Gasteiger partial charge in [-0.2, -0.15) is 4.31 Å². The van der Waals surface area contributed by atoms with E-state index in [1.165, 1.54) is 0 Å². The van der Waals surface area contributed by atoms with Crippen LogP contribution in [-0.4, -0.2) is 37.6 Å². The van der Waals surface area contributed by atoms with E-state index in [0.717, 1.165) is 44.1 Å². The number of hydrogen-bond donors (Lipinski definition) is 2. The summed E-state index contributed by atoms with van der Waals surface area (Å²) >= 11 is 0. The van der Waals surface area contributed by atoms with Crippen molar-refractivity contribution >= 4 is 33.2 Å². The minimum atomic E-state index is -3.46. The average molecular weight is 470 g/mol. The standard InChI is InChI=1S/C25H31N3O4S/c29-24(26-21-6-5-7-22(18-21)27-25(30)20-11-12-20)15-10-19-8-13-23(14-9-19)33(31,32)28-16-3-1-2-4-17-28/h5-9,13-14,18,20H,1-4,10-12,15-17H2,(H,26,29)(H,27,30). The van der Waals surface area contributed by atoms with Gasteiger partial charge in [-0.25, -0.2) is 8.42 Å². The highest BCUT2D eigenvalue weighted by molar-refractivity contribution is 7.89. The maximum atomic E-state index is 12.9. The zero-order valence-corrected chi connectivity index (χ0v) is 19.6. The lowest BCUT2D eigenvalue weighted by atomic mass is 10.1. The maximum Gasteiger partial charge on any atom is 0.243 e. The highest BCUT2D eigenvalue weighted by atomic mass is 32.2. The molecule has 0 aromatic heterocycles. The van der Waals surface area contributed by atoms with Crippen LogP contribution in [0.5, 0.6) is 0 Å². The number of sulfonamides is 1. The summed E-state index contributed by atoms with van der Waals surface area (Å²) in [6, 6.07) is 14.0. The smallest absolute Gasteiger partial charge is 0.243 e. The molecule has 0 unspecified atom stereocenters. The Balaban J connectivity index is 1.29. The van der Waals surface area contributed by atoms with Crippen LogP contribution in [0.25, 0.3) is 0 Å². The van der Waals surface area contributed by atoms with E-state index in [2.05, 4.69) is 10.6 Å². The van der Waals surface area contributed by atoms with E-state index in [4.69, 9.17) is 0 Å². The second-order valence-electron chi connectivity index (χ2n) is 8.85. The van der Waals surface area contributed by atoms with E-state index in [1.54, 1.807) is 52.8 Å². The van der Waals surface area contributed by atoms with Crippen molar-refractivity contribution in [3.63, 3.8) is 0 Å². The van der Waals surface area contributed by atoms with Crippen molar-refractivity contribution in [3.8, 4) is 0 Å². The molecule has 4 rings (SSSR count). The van der Waals surface area contributed by atoms with Crippen molar-refractivity contribution in [1.29, 1.82) is 0 Å². The molecule has 33 heavy (non-hydrogen) atoms. The topological polar surface area (TPSA) is 95.6 Å². The minimum Gasteiger partial charge on any atom is -0.326 e. The number of carbonyl (C=O) groups excluding carboxylic acids is 2. The molecule has 1 heterocycles. The average Bonchev–Trinajstić information content (AvgIpc) is 3.66. The number of rotatable bonds is 8. The van der Waals surface area contributed by atoms with Gasteiger partial charge >= 0.3 is 0 Å². The van der Waals surface area contributed by atoms with Gasteiger partial charge in [-0.15, -0.1) is 0 Å². The van der Waals surface area contributed by atoms with E-state index in [0.29, 0.717) is 35.8 Å². The van der Waals surface area contributed by atoms with Crippen LogP contribution in [-0.2, 0) is 26.0 Å². The molecule has 176 valence electrons. The van der Waals surface area contributed by atoms with Crippen molar-refractivity contribution in [2.75, 3.05) is 23.7 Å². The summed E-state index contributed by atoms with van der Waals surface area (Å²) in [6.07, 6.45) is 6.62. The lowest BCUT2D eigenvalue weighted by Gasteiger charge is -2.20. The molecule has 2 amide bonds. The highest BCUT2D eigenvalue weighted by Crippen LogP contribution is 2.30. The zero-order chi connectivity index (χ0) is 23.3. The van der Waals surface area contributed by atoms with Gasteiger partial charge in [-0.1, -0.05) is 31.0 Å². The second-order valence-corrected chi connectivity index (χ2v) is 10.8. The summed E-state index contributed by atoms with van der Waals surface area (Å²) in [7, 11) is -3.46. The third kappa shape index (κ3) is 6.42. The molecule has 2 aromatic rings. The Hall–Kier alpha value is -2.71. The number of amides is 2. The molecule has 8 heteroatoms. The Morgan fingerprint density at radius 1 is 0.879 bits per heavy atom. The number of carbonyl (C=O) groups is 2. The van der Waals surface area contributed by atoms with Gasteiger partial charge in [-0.3, -0.25) is 9.59 Å². The van der Waals surface area contributed by atoms with Crippen molar-refractivity contribution < 1.29 is 18.0 Å². The molecule has 2 aromatic carbocycles. The van der Waals surface area contributed by atoms with E-state index < -0.39 is 10.0 Å². The van der Waals surface area contributed by atoms with Crippen LogP contribution >= 0.6 is 0 Å². The van der Waals surface area contributed by atoms with Gasteiger partial charge in [0, 0.05) is 36.8 Å². The van der Waals surface area contributed by atoms with Gasteiger partial charge in [0.25, 0.3) is 0 Å². The maximum absolute atomic E-state index is 12.9.